The predicted octanol–water partition coefficient (Wildman–Crippen LogP) is 3.41. The minimum Gasteiger partial charge on any atom is -0.508 e. The van der Waals surface area contributed by atoms with Gasteiger partial charge in [-0.25, -0.2) is 9.59 Å². The number of benzene rings is 2. The first-order valence-electron chi connectivity index (χ1n) is 10.1. The molecule has 0 saturated carbocycles. The second-order valence-electron chi connectivity index (χ2n) is 7.46. The molecule has 1 aliphatic heterocycles. The van der Waals surface area contributed by atoms with Gasteiger partial charge in [0.05, 0.1) is 40.9 Å². The number of nitro groups is 1. The molecule has 2 aromatic carbocycles. The Labute approximate surface area is 194 Å². The Bertz CT molecular complexity index is 1210. The van der Waals surface area contributed by atoms with Crippen LogP contribution >= 0.6 is 0 Å². The summed E-state index contributed by atoms with van der Waals surface area (Å²) >= 11 is 0. The molecule has 10 nitrogen and oxygen atoms in total. The van der Waals surface area contributed by atoms with E-state index in [1.54, 1.807) is 36.4 Å². The molecule has 4 N–H and O–H groups in total. The second-order valence-corrected chi connectivity index (χ2v) is 7.46. The Morgan fingerprint density at radius 3 is 2.41 bits per heavy atom. The van der Waals surface area contributed by atoms with Crippen LogP contribution in [0.5, 0.6) is 5.75 Å². The van der Waals surface area contributed by atoms with Crippen LogP contribution in [0.15, 0.2) is 77.1 Å². The smallest absolute Gasteiger partial charge is 0.334 e. The van der Waals surface area contributed by atoms with Crippen molar-refractivity contribution in [3.8, 4) is 5.75 Å². The number of hydrogen-bond acceptors (Lipinski definition) is 7. The number of phenolic OH excluding ortho intramolecular Hbond substituents is 1. The summed E-state index contributed by atoms with van der Waals surface area (Å²) in [5, 5.41) is 43.1. The molecular weight excluding hydrogens is 444 g/mol. The number of carbonyl (C=O) groups is 2. The van der Waals surface area contributed by atoms with Crippen molar-refractivity contribution in [3.63, 3.8) is 0 Å². The molecule has 3 rings (SSSR count). The number of nitrogens with one attached hydrogen (secondary N) is 1. The first-order chi connectivity index (χ1) is 16.2. The predicted molar refractivity (Wildman–Crippen MR) is 122 cm³/mol. The molecule has 0 amide bonds. The third kappa shape index (κ3) is 5.48. The third-order valence-electron chi connectivity index (χ3n) is 5.18. The van der Waals surface area contributed by atoms with Gasteiger partial charge in [-0.1, -0.05) is 36.4 Å². The lowest BCUT2D eigenvalue weighted by Gasteiger charge is -2.29. The highest BCUT2D eigenvalue weighted by Crippen LogP contribution is 2.39. The van der Waals surface area contributed by atoms with Crippen molar-refractivity contribution in [1.29, 1.82) is 0 Å². The van der Waals surface area contributed by atoms with E-state index in [2.05, 4.69) is 5.32 Å². The van der Waals surface area contributed by atoms with E-state index < -0.39 is 22.8 Å². The highest BCUT2D eigenvalue weighted by Gasteiger charge is 2.38. The van der Waals surface area contributed by atoms with Gasteiger partial charge < -0.3 is 25.4 Å². The van der Waals surface area contributed by atoms with E-state index in [1.807, 2.05) is 0 Å². The highest BCUT2D eigenvalue weighted by molar-refractivity contribution is 5.98. The largest absolute Gasteiger partial charge is 0.508 e. The lowest BCUT2D eigenvalue weighted by molar-refractivity contribution is -0.384. The molecule has 1 heterocycles. The third-order valence-corrected chi connectivity index (χ3v) is 5.18. The van der Waals surface area contributed by atoms with E-state index in [9.17, 15) is 35.0 Å². The lowest BCUT2D eigenvalue weighted by Crippen LogP contribution is -2.33. The van der Waals surface area contributed by atoms with Crippen LogP contribution in [-0.2, 0) is 14.3 Å². The first kappa shape index (κ1) is 24.2. The SMILES string of the molecule is CC1=C(C(=O)O)C(c2cccc([N+](=O)[O-])c2)C(C(=O)O)=C(COCC=Cc2ccc(O)cc2)N1. The molecule has 34 heavy (non-hydrogen) atoms. The van der Waals surface area contributed by atoms with Crippen molar-refractivity contribution in [2.75, 3.05) is 13.2 Å². The zero-order valence-corrected chi connectivity index (χ0v) is 18.1. The number of aliphatic carboxylic acids is 2. The molecule has 0 spiro atoms. The zero-order valence-electron chi connectivity index (χ0n) is 18.1. The Morgan fingerprint density at radius 2 is 1.79 bits per heavy atom. The normalized spacial score (nSPS) is 16.0. The number of aromatic hydroxyl groups is 1. The quantitative estimate of drug-likeness (QED) is 0.247. The molecule has 1 unspecified atom stereocenters. The van der Waals surface area contributed by atoms with Gasteiger partial charge in [-0.3, -0.25) is 10.1 Å². The molecule has 0 radical (unpaired) electrons. The molecular formula is C24H22N2O8. The average Bonchev–Trinajstić information content (AvgIpc) is 2.79. The number of dihydropyridines is 1. The summed E-state index contributed by atoms with van der Waals surface area (Å²) in [4.78, 5) is 34.8. The van der Waals surface area contributed by atoms with Crippen molar-refractivity contribution in [3.05, 3.63) is 98.4 Å². The number of non-ortho nitro benzene ring substituents is 1. The fourth-order valence-corrected chi connectivity index (χ4v) is 3.70. The van der Waals surface area contributed by atoms with Crippen LogP contribution < -0.4 is 5.32 Å². The summed E-state index contributed by atoms with van der Waals surface area (Å²) < 4.78 is 5.59. The summed E-state index contributed by atoms with van der Waals surface area (Å²) in [5.41, 5.74) is 0.629. The van der Waals surface area contributed by atoms with Gasteiger partial charge in [0.2, 0.25) is 0 Å². The van der Waals surface area contributed by atoms with Crippen molar-refractivity contribution in [2.45, 2.75) is 12.8 Å². The summed E-state index contributed by atoms with van der Waals surface area (Å²) in [6, 6.07) is 11.8. The van der Waals surface area contributed by atoms with Gasteiger partial charge in [-0.15, -0.1) is 0 Å². The molecule has 0 fully saturated rings. The molecule has 10 heteroatoms. The number of nitro benzene ring substituents is 1. The molecule has 1 aliphatic rings. The number of hydrogen-bond donors (Lipinski definition) is 4. The molecule has 176 valence electrons. The molecule has 0 aliphatic carbocycles. The fraction of sp³-hybridized carbons (Fsp3) is 0.167. The van der Waals surface area contributed by atoms with E-state index in [1.165, 1.54) is 31.2 Å². The van der Waals surface area contributed by atoms with Crippen LogP contribution in [-0.4, -0.2) is 45.4 Å². The highest BCUT2D eigenvalue weighted by atomic mass is 16.6. The molecule has 0 saturated heterocycles. The summed E-state index contributed by atoms with van der Waals surface area (Å²) in [6.07, 6.45) is 3.47. The average molecular weight is 466 g/mol. The zero-order chi connectivity index (χ0) is 24.8. The number of allylic oxidation sites excluding steroid dienone is 1. The minimum atomic E-state index is -1.37. The molecule has 1 atom stereocenters. The second kappa shape index (κ2) is 10.5. The summed E-state index contributed by atoms with van der Waals surface area (Å²) in [6.45, 7) is 1.48. The minimum absolute atomic E-state index is 0.134. The Kier molecular flexibility index (Phi) is 7.44. The van der Waals surface area contributed by atoms with Crippen molar-refractivity contribution < 1.29 is 34.6 Å². The van der Waals surface area contributed by atoms with Crippen LogP contribution in [0.4, 0.5) is 5.69 Å². The standard InChI is InChI=1S/C24H22N2O8/c1-14-20(23(28)29)21(16-5-2-6-17(12-16)26(32)33)22(24(30)31)19(25-14)13-34-11-3-4-15-7-9-18(27)10-8-15/h2-10,12,21,25,27H,11,13H2,1H3,(H,28,29)(H,30,31). The van der Waals surface area contributed by atoms with Gasteiger partial charge in [-0.05, 0) is 30.2 Å². The Hall–Kier alpha value is -4.44. The topological polar surface area (TPSA) is 159 Å². The van der Waals surface area contributed by atoms with Crippen LogP contribution in [0.2, 0.25) is 0 Å². The van der Waals surface area contributed by atoms with E-state index in [4.69, 9.17) is 4.74 Å². The van der Waals surface area contributed by atoms with Crippen LogP contribution in [0.25, 0.3) is 6.08 Å². The number of carboxylic acid groups (broad SMARTS) is 2. The monoisotopic (exact) mass is 466 g/mol. The molecule has 2 aromatic rings. The van der Waals surface area contributed by atoms with Crippen LogP contribution in [0, 0.1) is 10.1 Å². The van der Waals surface area contributed by atoms with Gasteiger partial charge in [-0.2, -0.15) is 0 Å². The van der Waals surface area contributed by atoms with Crippen molar-refractivity contribution in [2.24, 2.45) is 0 Å². The van der Waals surface area contributed by atoms with Gasteiger partial charge in [0.15, 0.2) is 0 Å². The lowest BCUT2D eigenvalue weighted by atomic mass is 9.80. The van der Waals surface area contributed by atoms with E-state index in [-0.39, 0.29) is 52.8 Å². The number of carboxylic acids is 2. The van der Waals surface area contributed by atoms with E-state index in [0.29, 0.717) is 0 Å². The van der Waals surface area contributed by atoms with Gasteiger partial charge >= 0.3 is 11.9 Å². The number of rotatable bonds is 9. The van der Waals surface area contributed by atoms with Crippen LogP contribution in [0.3, 0.4) is 0 Å². The summed E-state index contributed by atoms with van der Waals surface area (Å²) in [5.74, 6) is -3.79. The van der Waals surface area contributed by atoms with E-state index >= 15 is 0 Å². The Balaban J connectivity index is 1.89. The molecule has 0 aromatic heterocycles. The first-order valence-corrected chi connectivity index (χ1v) is 10.1. The number of phenols is 1. The van der Waals surface area contributed by atoms with E-state index in [0.717, 1.165) is 5.56 Å². The van der Waals surface area contributed by atoms with Gasteiger partial charge in [0.1, 0.15) is 5.75 Å². The van der Waals surface area contributed by atoms with Gasteiger partial charge in [0.25, 0.3) is 5.69 Å². The number of nitrogens with zero attached hydrogens (tertiary/aromatic N) is 1. The van der Waals surface area contributed by atoms with Crippen molar-refractivity contribution >= 4 is 23.7 Å². The maximum atomic E-state index is 12.2. The maximum Gasteiger partial charge on any atom is 0.334 e. The number of ether oxygens (including phenoxy) is 1. The van der Waals surface area contributed by atoms with Crippen LogP contribution in [0.1, 0.15) is 24.0 Å². The Morgan fingerprint density at radius 1 is 1.12 bits per heavy atom. The fourth-order valence-electron chi connectivity index (χ4n) is 3.70. The van der Waals surface area contributed by atoms with Gasteiger partial charge in [0, 0.05) is 17.8 Å². The molecule has 0 bridgehead atoms. The maximum absolute atomic E-state index is 12.2. The van der Waals surface area contributed by atoms with Crippen molar-refractivity contribution in [1.82, 2.24) is 5.32 Å². The summed E-state index contributed by atoms with van der Waals surface area (Å²) in [7, 11) is 0.